The monoisotopic (exact) mass is 383 g/mol. The van der Waals surface area contributed by atoms with Gasteiger partial charge in [0, 0.05) is 6.54 Å². The average Bonchev–Trinajstić information content (AvgIpc) is 2.66. The predicted molar refractivity (Wildman–Crippen MR) is 115 cm³/mol. The highest BCUT2D eigenvalue weighted by molar-refractivity contribution is 6.98. The van der Waals surface area contributed by atoms with Crippen LogP contribution < -0.4 is 15.7 Å². The van der Waals surface area contributed by atoms with Crippen molar-refractivity contribution in [3.63, 3.8) is 0 Å². The van der Waals surface area contributed by atoms with Crippen LogP contribution in [0.3, 0.4) is 0 Å². The molecule has 146 valence electrons. The van der Waals surface area contributed by atoms with Crippen LogP contribution in [0.1, 0.15) is 40.0 Å². The normalized spacial score (nSPS) is 24.0. The van der Waals surface area contributed by atoms with E-state index < -0.39 is 13.9 Å². The quantitative estimate of drug-likeness (QED) is 0.672. The highest BCUT2D eigenvalue weighted by Gasteiger charge is 2.49. The lowest BCUT2D eigenvalue weighted by Crippen LogP contribution is -2.65. The minimum Gasteiger partial charge on any atom is -0.424 e. The van der Waals surface area contributed by atoms with Crippen LogP contribution in [0.2, 0.25) is 5.04 Å². The van der Waals surface area contributed by atoms with Gasteiger partial charge in [0.05, 0.1) is 5.60 Å². The van der Waals surface area contributed by atoms with E-state index >= 15 is 0 Å². The van der Waals surface area contributed by atoms with Crippen LogP contribution in [0.15, 0.2) is 60.7 Å². The summed E-state index contributed by atoms with van der Waals surface area (Å²) in [5, 5.41) is 15.7. The van der Waals surface area contributed by atoms with Gasteiger partial charge in [0.1, 0.15) is 0 Å². The lowest BCUT2D eigenvalue weighted by Gasteiger charge is -2.43. The van der Waals surface area contributed by atoms with Gasteiger partial charge in [-0.1, -0.05) is 74.5 Å². The molecule has 27 heavy (non-hydrogen) atoms. The van der Waals surface area contributed by atoms with Crippen LogP contribution in [0.5, 0.6) is 0 Å². The van der Waals surface area contributed by atoms with E-state index in [1.165, 1.54) is 0 Å². The Morgan fingerprint density at radius 3 is 2.04 bits per heavy atom. The number of aliphatic hydroxyl groups is 1. The van der Waals surface area contributed by atoms with Crippen molar-refractivity contribution in [3.8, 4) is 0 Å². The van der Waals surface area contributed by atoms with Gasteiger partial charge in [0.25, 0.3) is 8.32 Å². The zero-order valence-electron chi connectivity index (χ0n) is 16.8. The minimum atomic E-state index is -2.93. The summed E-state index contributed by atoms with van der Waals surface area (Å²) < 4.78 is 0. The molecule has 2 aromatic carbocycles. The minimum absolute atomic E-state index is 0.223. The summed E-state index contributed by atoms with van der Waals surface area (Å²) >= 11 is 0. The molecule has 0 amide bonds. The highest BCUT2D eigenvalue weighted by atomic mass is 28.4. The van der Waals surface area contributed by atoms with Crippen molar-refractivity contribution in [1.82, 2.24) is 5.32 Å². The number of hydrogen-bond acceptors (Lipinski definition) is 3. The first-order valence-corrected chi connectivity index (χ1v) is 12.0. The van der Waals surface area contributed by atoms with E-state index in [4.69, 9.17) is 0 Å². The van der Waals surface area contributed by atoms with E-state index in [-0.39, 0.29) is 5.04 Å². The fraction of sp³-hybridized carbons (Fsp3) is 0.478. The molecule has 3 rings (SSSR count). The van der Waals surface area contributed by atoms with Gasteiger partial charge < -0.3 is 15.2 Å². The van der Waals surface area contributed by atoms with Gasteiger partial charge in [-0.05, 0) is 54.1 Å². The molecule has 0 aliphatic carbocycles. The van der Waals surface area contributed by atoms with Crippen LogP contribution in [-0.4, -0.2) is 36.9 Å². The van der Waals surface area contributed by atoms with E-state index in [2.05, 4.69) is 43.4 Å². The third kappa shape index (κ3) is 4.35. The molecule has 1 heterocycles. The topological polar surface area (TPSA) is 52.5 Å². The second-order valence-electron chi connectivity index (χ2n) is 9.06. The van der Waals surface area contributed by atoms with Crippen LogP contribution in [0, 0.1) is 5.92 Å². The molecule has 0 bridgehead atoms. The number of benzene rings is 2. The molecule has 0 spiro atoms. The molecule has 1 fully saturated rings. The molecule has 3 N–H and O–H groups in total. The first-order valence-electron chi connectivity index (χ1n) is 10.0. The fourth-order valence-corrected chi connectivity index (χ4v) is 8.32. The standard InChI is InChI=1S/C23H33NO2Si/c1-22(2,15-14-19-16-23(3,25)18-24-17-19)27(26,20-10-6-4-7-11-20)21-12-8-5-9-13-21/h4-13,19,24-26H,14-18H2,1-3H3/t19-,23-/m0/s1. The van der Waals surface area contributed by atoms with E-state index in [0.29, 0.717) is 12.5 Å². The van der Waals surface area contributed by atoms with E-state index in [1.54, 1.807) is 0 Å². The number of nitrogens with one attached hydrogen (secondary N) is 1. The lowest BCUT2D eigenvalue weighted by atomic mass is 9.84. The largest absolute Gasteiger partial charge is 0.424 e. The van der Waals surface area contributed by atoms with Crippen LogP contribution in [0.25, 0.3) is 0 Å². The van der Waals surface area contributed by atoms with Gasteiger partial charge in [0.15, 0.2) is 0 Å². The summed E-state index contributed by atoms with van der Waals surface area (Å²) in [4.78, 5) is 12.2. The second kappa shape index (κ2) is 7.88. The van der Waals surface area contributed by atoms with Gasteiger partial charge in [-0.15, -0.1) is 0 Å². The van der Waals surface area contributed by atoms with Crippen molar-refractivity contribution in [1.29, 1.82) is 0 Å². The molecule has 1 saturated heterocycles. The SMILES string of the molecule is CC(C)(CC[C@@H]1CNC[C@@](C)(O)C1)[Si](O)(c1ccccc1)c1ccccc1. The Bertz CT molecular complexity index is 691. The Hall–Kier alpha value is -1.46. The average molecular weight is 384 g/mol. The summed E-state index contributed by atoms with van der Waals surface area (Å²) in [6.45, 7) is 7.96. The van der Waals surface area contributed by atoms with Crippen molar-refractivity contribution in [2.45, 2.75) is 50.7 Å². The zero-order valence-corrected chi connectivity index (χ0v) is 17.8. The van der Waals surface area contributed by atoms with Crippen molar-refractivity contribution in [3.05, 3.63) is 60.7 Å². The van der Waals surface area contributed by atoms with Crippen LogP contribution in [-0.2, 0) is 0 Å². The maximum Gasteiger partial charge on any atom is 0.258 e. The third-order valence-electron chi connectivity index (χ3n) is 6.21. The Balaban J connectivity index is 1.87. The van der Waals surface area contributed by atoms with E-state index in [9.17, 15) is 9.90 Å². The maximum atomic E-state index is 12.2. The molecule has 2 aromatic rings. The summed E-state index contributed by atoms with van der Waals surface area (Å²) in [5.41, 5.74) is -0.625. The molecular formula is C23H33NO2Si. The molecular weight excluding hydrogens is 350 g/mol. The third-order valence-corrected chi connectivity index (χ3v) is 10.8. The first kappa shape index (κ1) is 20.3. The zero-order chi connectivity index (χ0) is 19.5. The highest BCUT2D eigenvalue weighted by Crippen LogP contribution is 2.41. The number of rotatable bonds is 6. The van der Waals surface area contributed by atoms with Crippen molar-refractivity contribution in [2.75, 3.05) is 13.1 Å². The number of β-amino-alcohol motifs (C(OH)–C–C–N with tert-alkyl or cyclic N) is 1. The Kier molecular flexibility index (Phi) is 5.92. The molecule has 1 aliphatic heterocycles. The van der Waals surface area contributed by atoms with E-state index in [0.717, 1.165) is 36.2 Å². The van der Waals surface area contributed by atoms with Gasteiger partial charge in [-0.25, -0.2) is 0 Å². The molecule has 2 atom stereocenters. The second-order valence-corrected chi connectivity index (χ2v) is 13.0. The Morgan fingerprint density at radius 2 is 1.56 bits per heavy atom. The smallest absolute Gasteiger partial charge is 0.258 e. The lowest BCUT2D eigenvalue weighted by molar-refractivity contribution is 0.0117. The predicted octanol–water partition coefficient (Wildman–Crippen LogP) is 2.66. The molecule has 0 unspecified atom stereocenters. The summed E-state index contributed by atoms with van der Waals surface area (Å²) in [7, 11) is -2.93. The number of piperidine rings is 1. The summed E-state index contributed by atoms with van der Waals surface area (Å²) in [6, 6.07) is 20.4. The summed E-state index contributed by atoms with van der Waals surface area (Å²) in [6.07, 6.45) is 2.76. The van der Waals surface area contributed by atoms with Crippen LogP contribution in [0.4, 0.5) is 0 Å². The molecule has 0 aromatic heterocycles. The molecule has 4 heteroatoms. The molecule has 0 radical (unpaired) electrons. The van der Waals surface area contributed by atoms with Crippen molar-refractivity contribution >= 4 is 18.7 Å². The molecule has 0 saturated carbocycles. The summed E-state index contributed by atoms with van der Waals surface area (Å²) in [5.74, 6) is 0.442. The van der Waals surface area contributed by atoms with Gasteiger partial charge in [-0.2, -0.15) is 0 Å². The maximum absolute atomic E-state index is 12.2. The van der Waals surface area contributed by atoms with Crippen LogP contribution >= 0.6 is 0 Å². The fourth-order valence-electron chi connectivity index (χ4n) is 4.57. The van der Waals surface area contributed by atoms with Gasteiger partial charge in [0.2, 0.25) is 0 Å². The number of hydrogen-bond donors (Lipinski definition) is 3. The molecule has 1 aliphatic rings. The van der Waals surface area contributed by atoms with E-state index in [1.807, 2.05) is 43.3 Å². The Labute approximate surface area is 164 Å². The Morgan fingerprint density at radius 1 is 1.04 bits per heavy atom. The van der Waals surface area contributed by atoms with Gasteiger partial charge >= 0.3 is 0 Å². The van der Waals surface area contributed by atoms with Crippen molar-refractivity contribution < 1.29 is 9.90 Å². The first-order chi connectivity index (χ1) is 12.7. The van der Waals surface area contributed by atoms with Crippen molar-refractivity contribution in [2.24, 2.45) is 5.92 Å². The van der Waals surface area contributed by atoms with Gasteiger partial charge in [-0.3, -0.25) is 0 Å². The molecule has 3 nitrogen and oxygen atoms in total.